The molecule has 2 aliphatic rings. The lowest BCUT2D eigenvalue weighted by molar-refractivity contribution is -0.878. The van der Waals surface area contributed by atoms with Crippen LogP contribution in [0.4, 0.5) is 0 Å². The van der Waals surface area contributed by atoms with Gasteiger partial charge in [-0.1, -0.05) is 30.3 Å². The van der Waals surface area contributed by atoms with E-state index in [0.717, 1.165) is 24.2 Å². The first-order valence-corrected chi connectivity index (χ1v) is 7.96. The van der Waals surface area contributed by atoms with E-state index in [2.05, 4.69) is 25.3 Å². The second-order valence-electron chi connectivity index (χ2n) is 6.57. The van der Waals surface area contributed by atoms with Crippen LogP contribution in [0, 0.1) is 56.7 Å². The van der Waals surface area contributed by atoms with Crippen molar-refractivity contribution in [2.24, 2.45) is 17.3 Å². The number of benzene rings is 1. The van der Waals surface area contributed by atoms with Gasteiger partial charge in [0.2, 0.25) is 0 Å². The largest absolute Gasteiger partial charge is 0.334 e. The van der Waals surface area contributed by atoms with Crippen LogP contribution < -0.4 is 4.90 Å². The molecule has 1 fully saturated rings. The van der Waals surface area contributed by atoms with Gasteiger partial charge in [-0.05, 0) is 17.2 Å². The summed E-state index contributed by atoms with van der Waals surface area (Å²) in [6, 6.07) is 15.9. The Morgan fingerprint density at radius 3 is 2.42 bits per heavy atom. The van der Waals surface area contributed by atoms with Crippen LogP contribution in [0.5, 0.6) is 0 Å². The Bertz CT molecular complexity index is 804. The molecule has 1 aromatic carbocycles. The van der Waals surface area contributed by atoms with Gasteiger partial charge in [0.1, 0.15) is 5.92 Å². The van der Waals surface area contributed by atoms with Crippen LogP contribution >= 0.6 is 0 Å². The lowest BCUT2D eigenvalue weighted by Gasteiger charge is -2.45. The number of rotatable bonds is 1. The molecule has 3 rings (SSSR count). The van der Waals surface area contributed by atoms with E-state index in [0.29, 0.717) is 0 Å². The second kappa shape index (κ2) is 5.93. The number of hydrogen-bond acceptors (Lipinski definition) is 4. The van der Waals surface area contributed by atoms with Gasteiger partial charge in [0.15, 0.2) is 5.41 Å². The maximum absolute atomic E-state index is 9.86. The first-order chi connectivity index (χ1) is 11.6. The van der Waals surface area contributed by atoms with Gasteiger partial charge in [-0.2, -0.15) is 15.8 Å². The third kappa shape index (κ3) is 2.13. The number of nitriles is 3. The van der Waals surface area contributed by atoms with Gasteiger partial charge in [0.05, 0.1) is 44.1 Å². The molecule has 1 aliphatic heterocycles. The monoisotopic (exact) mass is 316 g/mol. The van der Waals surface area contributed by atoms with Crippen molar-refractivity contribution in [1.82, 2.24) is 0 Å². The van der Waals surface area contributed by atoms with Gasteiger partial charge >= 0.3 is 0 Å². The predicted octanol–water partition coefficient (Wildman–Crippen LogP) is 1.05. The molecule has 0 aromatic heterocycles. The third-order valence-electron chi connectivity index (χ3n) is 5.24. The molecule has 2 unspecified atom stereocenters. The van der Waals surface area contributed by atoms with Crippen molar-refractivity contribution in [3.05, 3.63) is 47.5 Å². The number of nitrogens with zero attached hydrogens (tertiary/aromatic N) is 3. The Hall–Kier alpha value is -2.94. The maximum atomic E-state index is 9.86. The fourth-order valence-electron chi connectivity index (χ4n) is 4.09. The lowest BCUT2D eigenvalue weighted by Crippen LogP contribution is -3.10. The molecule has 0 bridgehead atoms. The van der Waals surface area contributed by atoms with E-state index in [1.807, 2.05) is 36.4 Å². The molecule has 0 spiro atoms. The fraction of sp³-hybridized carbons (Fsp3) is 0.368. The van der Waals surface area contributed by atoms with E-state index in [4.69, 9.17) is 5.41 Å². The quantitative estimate of drug-likeness (QED) is 0.757. The van der Waals surface area contributed by atoms with Crippen molar-refractivity contribution in [3.8, 4) is 18.2 Å². The van der Waals surface area contributed by atoms with E-state index in [-0.39, 0.29) is 11.6 Å². The van der Waals surface area contributed by atoms with Gasteiger partial charge in [-0.15, -0.1) is 0 Å². The summed E-state index contributed by atoms with van der Waals surface area (Å²) < 4.78 is 0. The highest BCUT2D eigenvalue weighted by Gasteiger charge is 2.58. The molecule has 1 aromatic rings. The topological polar surface area (TPSA) is 99.7 Å². The number of hydrogen-bond donors (Lipinski definition) is 2. The summed E-state index contributed by atoms with van der Waals surface area (Å²) in [7, 11) is 2.07. The highest BCUT2D eigenvalue weighted by atomic mass is 15.1. The minimum Gasteiger partial charge on any atom is -0.334 e. The van der Waals surface area contributed by atoms with Crippen LogP contribution in [0.15, 0.2) is 42.0 Å². The zero-order valence-corrected chi connectivity index (χ0v) is 13.5. The van der Waals surface area contributed by atoms with Gasteiger partial charge in [0.25, 0.3) is 0 Å². The zero-order valence-electron chi connectivity index (χ0n) is 13.5. The molecule has 0 amide bonds. The summed E-state index contributed by atoms with van der Waals surface area (Å²) in [5.74, 6) is -1.28. The summed E-state index contributed by atoms with van der Waals surface area (Å²) in [6.07, 6.45) is 2.03. The summed E-state index contributed by atoms with van der Waals surface area (Å²) >= 11 is 0. The Balaban J connectivity index is 2.26. The molecular weight excluding hydrogens is 298 g/mol. The number of quaternary nitrogens is 1. The van der Waals surface area contributed by atoms with Crippen LogP contribution in [-0.4, -0.2) is 25.8 Å². The number of nitrogens with one attached hydrogen (secondary N) is 2. The zero-order chi connectivity index (χ0) is 17.3. The maximum Gasteiger partial charge on any atom is 0.189 e. The second-order valence-corrected chi connectivity index (χ2v) is 6.57. The molecule has 118 valence electrons. The van der Waals surface area contributed by atoms with Gasteiger partial charge in [-0.3, -0.25) is 0 Å². The standard InChI is InChI=1S/C19H17N5/c1-24-8-7-14-15(9-20)18(23)19(11-21,12-22)17(16(14)10-24)13-5-3-2-4-6-13/h2-7,15-17,23H,8,10H2,1H3/p+1/t15?,16-,17-/m1/s1. The van der Waals surface area contributed by atoms with Crippen molar-refractivity contribution in [3.63, 3.8) is 0 Å². The van der Waals surface area contributed by atoms with E-state index >= 15 is 0 Å². The molecule has 1 heterocycles. The smallest absolute Gasteiger partial charge is 0.189 e. The molecule has 5 heteroatoms. The summed E-state index contributed by atoms with van der Waals surface area (Å²) in [5.41, 5.74) is 0.114. The highest BCUT2D eigenvalue weighted by molar-refractivity contribution is 6.00. The Kier molecular flexibility index (Phi) is 3.94. The SMILES string of the molecule is C[NH+]1CC=C2C(C#N)C(=N)C(C#N)(C#N)[C@H](c3ccccc3)[C@@H]2C1. The molecule has 24 heavy (non-hydrogen) atoms. The molecular formula is C19H18N5+. The van der Waals surface area contributed by atoms with Crippen LogP contribution in [0.3, 0.4) is 0 Å². The molecule has 0 saturated heterocycles. The minimum atomic E-state index is -1.60. The van der Waals surface area contributed by atoms with Gasteiger partial charge in [-0.25, -0.2) is 0 Å². The highest BCUT2D eigenvalue weighted by Crippen LogP contribution is 2.52. The molecule has 0 radical (unpaired) electrons. The van der Waals surface area contributed by atoms with Crippen molar-refractivity contribution < 1.29 is 4.90 Å². The van der Waals surface area contributed by atoms with E-state index in [1.54, 1.807) is 0 Å². The normalized spacial score (nSPS) is 30.9. The first-order valence-electron chi connectivity index (χ1n) is 7.96. The van der Waals surface area contributed by atoms with Crippen molar-refractivity contribution in [2.75, 3.05) is 20.1 Å². The van der Waals surface area contributed by atoms with Crippen LogP contribution in [0.25, 0.3) is 0 Å². The average molecular weight is 316 g/mol. The third-order valence-corrected chi connectivity index (χ3v) is 5.24. The van der Waals surface area contributed by atoms with E-state index < -0.39 is 17.3 Å². The number of likely N-dealkylation sites (N-methyl/N-ethyl adjacent to an activating group) is 1. The summed E-state index contributed by atoms with van der Waals surface area (Å²) in [4.78, 5) is 1.28. The molecule has 5 nitrogen and oxygen atoms in total. The summed E-state index contributed by atoms with van der Waals surface area (Å²) in [5, 5.41) is 37.8. The van der Waals surface area contributed by atoms with Crippen molar-refractivity contribution in [2.45, 2.75) is 5.92 Å². The first kappa shape index (κ1) is 15.9. The minimum absolute atomic E-state index is 0.0779. The van der Waals surface area contributed by atoms with Gasteiger partial charge < -0.3 is 10.3 Å². The molecule has 1 saturated carbocycles. The van der Waals surface area contributed by atoms with E-state index in [1.165, 1.54) is 4.90 Å². The fourth-order valence-corrected chi connectivity index (χ4v) is 4.09. The molecule has 4 atom stereocenters. The van der Waals surface area contributed by atoms with Crippen LogP contribution in [-0.2, 0) is 0 Å². The predicted molar refractivity (Wildman–Crippen MR) is 87.9 cm³/mol. The average Bonchev–Trinajstić information content (AvgIpc) is 2.62. The Morgan fingerprint density at radius 2 is 1.83 bits per heavy atom. The van der Waals surface area contributed by atoms with Gasteiger partial charge in [0, 0.05) is 11.8 Å². The van der Waals surface area contributed by atoms with Crippen LogP contribution in [0.2, 0.25) is 0 Å². The van der Waals surface area contributed by atoms with E-state index in [9.17, 15) is 15.8 Å². The molecule has 1 aliphatic carbocycles. The molecule has 2 N–H and O–H groups in total. The lowest BCUT2D eigenvalue weighted by atomic mass is 9.54. The van der Waals surface area contributed by atoms with Crippen LogP contribution in [0.1, 0.15) is 11.5 Å². The Morgan fingerprint density at radius 1 is 1.17 bits per heavy atom. The van der Waals surface area contributed by atoms with Crippen molar-refractivity contribution >= 4 is 5.71 Å². The Labute approximate surface area is 141 Å². The summed E-state index contributed by atoms with van der Waals surface area (Å²) in [6.45, 7) is 1.55. The number of fused-ring (bicyclic) bond motifs is 1. The van der Waals surface area contributed by atoms with Crippen molar-refractivity contribution in [1.29, 1.82) is 21.2 Å².